The Morgan fingerprint density at radius 2 is 1.83 bits per heavy atom. The fourth-order valence-corrected chi connectivity index (χ4v) is 5.62. The lowest BCUT2D eigenvalue weighted by Gasteiger charge is -2.41. The maximum atomic E-state index is 14.1. The average Bonchev–Trinajstić information content (AvgIpc) is 3.40. The number of rotatable bonds is 10. The lowest BCUT2D eigenvalue weighted by Crippen LogP contribution is -2.53. The van der Waals surface area contributed by atoms with Crippen LogP contribution in [0.3, 0.4) is 0 Å². The van der Waals surface area contributed by atoms with Crippen molar-refractivity contribution < 1.29 is 28.6 Å². The van der Waals surface area contributed by atoms with Crippen molar-refractivity contribution >= 4 is 17.8 Å². The predicted molar refractivity (Wildman–Crippen MR) is 148 cm³/mol. The Morgan fingerprint density at radius 1 is 1.12 bits per heavy atom. The first-order chi connectivity index (χ1) is 19.6. The number of benzene rings is 2. The molecule has 10 nitrogen and oxygen atoms in total. The number of nitrogens with one attached hydrogen (secondary N) is 2. The van der Waals surface area contributed by atoms with E-state index in [9.17, 15) is 28.7 Å². The monoisotopic (exact) mass is 564 g/mol. The van der Waals surface area contributed by atoms with Crippen LogP contribution in [0, 0.1) is 18.2 Å². The van der Waals surface area contributed by atoms with Crippen LogP contribution in [-0.2, 0) is 9.59 Å². The van der Waals surface area contributed by atoms with E-state index < -0.39 is 46.7 Å². The SMILES string of the molecule is CCC(CC)(C(=O)O)[C@H]1CC[C@@H](c2cccc(F)c2)N1C(=O)CNC(=O)c1ccc(Oc2cc(C)n[nH]c2=O)cc1. The Balaban J connectivity index is 1.51. The number of carbonyl (C=O) groups is 3. The number of nitrogens with zero attached hydrogens (tertiary/aromatic N) is 2. The van der Waals surface area contributed by atoms with Gasteiger partial charge in [-0.3, -0.25) is 19.2 Å². The van der Waals surface area contributed by atoms with Crippen molar-refractivity contribution in [1.29, 1.82) is 0 Å². The van der Waals surface area contributed by atoms with Crippen LogP contribution in [-0.4, -0.2) is 50.6 Å². The van der Waals surface area contributed by atoms with Crippen molar-refractivity contribution in [2.75, 3.05) is 6.54 Å². The van der Waals surface area contributed by atoms with Gasteiger partial charge in [0.25, 0.3) is 5.91 Å². The summed E-state index contributed by atoms with van der Waals surface area (Å²) in [7, 11) is 0. The van der Waals surface area contributed by atoms with Crippen LogP contribution in [0.5, 0.6) is 11.5 Å². The van der Waals surface area contributed by atoms with E-state index in [4.69, 9.17) is 4.74 Å². The summed E-state index contributed by atoms with van der Waals surface area (Å²) in [5.41, 5.74) is -0.263. The van der Waals surface area contributed by atoms with Gasteiger partial charge in [-0.1, -0.05) is 26.0 Å². The normalized spacial score (nSPS) is 16.8. The van der Waals surface area contributed by atoms with Gasteiger partial charge in [0.05, 0.1) is 23.7 Å². The zero-order valence-electron chi connectivity index (χ0n) is 23.1. The third-order valence-electron chi connectivity index (χ3n) is 7.87. The van der Waals surface area contributed by atoms with Gasteiger partial charge in [-0.05, 0) is 74.6 Å². The summed E-state index contributed by atoms with van der Waals surface area (Å²) in [6, 6.07) is 12.3. The van der Waals surface area contributed by atoms with E-state index in [1.807, 2.05) is 0 Å². The highest BCUT2D eigenvalue weighted by molar-refractivity contribution is 5.96. The van der Waals surface area contributed by atoms with Crippen molar-refractivity contribution in [3.63, 3.8) is 0 Å². The molecule has 0 saturated carbocycles. The number of likely N-dealkylation sites (tertiary alicyclic amines) is 1. The molecule has 1 aromatic heterocycles. The van der Waals surface area contributed by atoms with E-state index in [2.05, 4.69) is 15.5 Å². The first-order valence-electron chi connectivity index (χ1n) is 13.5. The van der Waals surface area contributed by atoms with Crippen LogP contribution in [0.4, 0.5) is 4.39 Å². The summed E-state index contributed by atoms with van der Waals surface area (Å²) in [6.45, 7) is 4.91. The van der Waals surface area contributed by atoms with Crippen LogP contribution >= 0.6 is 0 Å². The molecule has 2 heterocycles. The molecule has 3 aromatic rings. The molecule has 1 fully saturated rings. The van der Waals surface area contributed by atoms with Gasteiger partial charge in [-0.25, -0.2) is 9.49 Å². The Bertz CT molecular complexity index is 1480. The third-order valence-corrected chi connectivity index (χ3v) is 7.87. The van der Waals surface area contributed by atoms with Gasteiger partial charge in [0.15, 0.2) is 5.75 Å². The van der Waals surface area contributed by atoms with Gasteiger partial charge in [-0.2, -0.15) is 5.10 Å². The Morgan fingerprint density at radius 3 is 2.46 bits per heavy atom. The van der Waals surface area contributed by atoms with Gasteiger partial charge in [-0.15, -0.1) is 0 Å². The van der Waals surface area contributed by atoms with E-state index >= 15 is 0 Å². The van der Waals surface area contributed by atoms with Crippen LogP contribution in [0.25, 0.3) is 0 Å². The average molecular weight is 565 g/mol. The highest BCUT2D eigenvalue weighted by atomic mass is 19.1. The molecule has 0 unspecified atom stereocenters. The molecule has 216 valence electrons. The number of carboxylic acid groups (broad SMARTS) is 1. The van der Waals surface area contributed by atoms with Crippen LogP contribution in [0.2, 0.25) is 0 Å². The van der Waals surface area contributed by atoms with E-state index in [0.717, 1.165) is 0 Å². The lowest BCUT2D eigenvalue weighted by molar-refractivity contribution is -0.156. The van der Waals surface area contributed by atoms with Crippen molar-refractivity contribution in [1.82, 2.24) is 20.4 Å². The van der Waals surface area contributed by atoms with E-state index in [0.29, 0.717) is 42.7 Å². The summed E-state index contributed by atoms with van der Waals surface area (Å²) < 4.78 is 19.7. The van der Waals surface area contributed by atoms with Gasteiger partial charge >= 0.3 is 11.5 Å². The Kier molecular flexibility index (Phi) is 8.85. The van der Waals surface area contributed by atoms with Crippen molar-refractivity contribution in [3.8, 4) is 11.5 Å². The standard InChI is InChI=1S/C30H33FN4O6/c1-4-30(5-2,29(39)40)25-14-13-23(20-7-6-8-21(31)16-20)35(25)26(36)17-32-27(37)19-9-11-22(12-10-19)41-24-15-18(3)33-34-28(24)38/h6-12,15-16,23,25H,4-5,13-14,17H2,1-3H3,(H,32,37)(H,34,38)(H,39,40)/t23-,25+/m0/s1. The zero-order chi connectivity index (χ0) is 29.7. The fraction of sp³-hybridized carbons (Fsp3) is 0.367. The molecule has 2 atom stereocenters. The maximum absolute atomic E-state index is 14.1. The lowest BCUT2D eigenvalue weighted by atomic mass is 9.74. The number of halogens is 1. The number of ether oxygens (including phenoxy) is 1. The van der Waals surface area contributed by atoms with Crippen LogP contribution < -0.4 is 15.6 Å². The Hall–Kier alpha value is -4.54. The number of hydrogen-bond donors (Lipinski definition) is 3. The summed E-state index contributed by atoms with van der Waals surface area (Å²) in [5.74, 6) is -2.01. The van der Waals surface area contributed by atoms with Gasteiger partial charge in [0.2, 0.25) is 5.91 Å². The largest absolute Gasteiger partial charge is 0.481 e. The number of carboxylic acids is 1. The fourth-order valence-electron chi connectivity index (χ4n) is 5.62. The summed E-state index contributed by atoms with van der Waals surface area (Å²) >= 11 is 0. The van der Waals surface area contributed by atoms with Gasteiger partial charge in [0, 0.05) is 17.7 Å². The number of aromatic amines is 1. The van der Waals surface area contributed by atoms with E-state index in [-0.39, 0.29) is 17.9 Å². The second-order valence-electron chi connectivity index (χ2n) is 10.1. The van der Waals surface area contributed by atoms with E-state index in [1.54, 1.807) is 32.9 Å². The summed E-state index contributed by atoms with van der Waals surface area (Å²) in [6.07, 6.45) is 1.55. The molecule has 2 amide bonds. The quantitative estimate of drug-likeness (QED) is 0.332. The minimum absolute atomic E-state index is 0.0601. The molecule has 0 bridgehead atoms. The topological polar surface area (TPSA) is 142 Å². The molecule has 11 heteroatoms. The maximum Gasteiger partial charge on any atom is 0.311 e. The van der Waals surface area contributed by atoms with E-state index in [1.165, 1.54) is 47.4 Å². The Labute approximate surface area is 236 Å². The number of amides is 2. The predicted octanol–water partition coefficient (Wildman–Crippen LogP) is 4.36. The highest BCUT2D eigenvalue weighted by Crippen LogP contribution is 2.46. The molecule has 41 heavy (non-hydrogen) atoms. The minimum Gasteiger partial charge on any atom is -0.481 e. The number of aryl methyl sites for hydroxylation is 1. The van der Waals surface area contributed by atoms with Gasteiger partial charge < -0.3 is 20.1 Å². The third kappa shape index (κ3) is 6.13. The number of H-pyrrole nitrogens is 1. The zero-order valence-corrected chi connectivity index (χ0v) is 23.1. The van der Waals surface area contributed by atoms with Crippen molar-refractivity contribution in [2.24, 2.45) is 5.41 Å². The second-order valence-corrected chi connectivity index (χ2v) is 10.1. The highest BCUT2D eigenvalue weighted by Gasteiger charge is 2.52. The van der Waals surface area contributed by atoms with Crippen LogP contribution in [0.15, 0.2) is 59.4 Å². The molecule has 1 aliphatic heterocycles. The first kappa shape index (κ1) is 29.4. The molecule has 0 radical (unpaired) electrons. The molecule has 1 saturated heterocycles. The molecule has 4 rings (SSSR count). The van der Waals surface area contributed by atoms with Crippen LogP contribution in [0.1, 0.15) is 67.2 Å². The number of carbonyl (C=O) groups excluding carboxylic acids is 2. The number of aromatic nitrogens is 2. The van der Waals surface area contributed by atoms with Gasteiger partial charge in [0.1, 0.15) is 11.6 Å². The summed E-state index contributed by atoms with van der Waals surface area (Å²) in [5, 5.41) is 18.9. The second kappa shape index (κ2) is 12.3. The smallest absolute Gasteiger partial charge is 0.311 e. The molecule has 0 aliphatic carbocycles. The molecular formula is C30H33FN4O6. The number of hydrogen-bond acceptors (Lipinski definition) is 6. The van der Waals surface area contributed by atoms with Crippen molar-refractivity contribution in [2.45, 2.75) is 58.5 Å². The summed E-state index contributed by atoms with van der Waals surface area (Å²) in [4.78, 5) is 52.4. The molecule has 1 aliphatic rings. The molecule has 2 aromatic carbocycles. The number of aliphatic carboxylic acids is 1. The molecule has 0 spiro atoms. The molecular weight excluding hydrogens is 531 g/mol. The minimum atomic E-state index is -1.17. The first-order valence-corrected chi connectivity index (χ1v) is 13.5. The molecule has 3 N–H and O–H groups in total. The van der Waals surface area contributed by atoms with Crippen molar-refractivity contribution in [3.05, 3.63) is 87.6 Å².